The van der Waals surface area contributed by atoms with Gasteiger partial charge in [-0.25, -0.2) is 4.98 Å². The lowest BCUT2D eigenvalue weighted by atomic mass is 9.85. The number of aryl methyl sites for hydroxylation is 1. The minimum absolute atomic E-state index is 0.181. The van der Waals surface area contributed by atoms with E-state index in [2.05, 4.69) is 6.92 Å². The van der Waals surface area contributed by atoms with Crippen LogP contribution in [0.4, 0.5) is 0 Å². The van der Waals surface area contributed by atoms with Crippen molar-refractivity contribution >= 4 is 11.3 Å². The van der Waals surface area contributed by atoms with Crippen LogP contribution in [0.25, 0.3) is 0 Å². The molecule has 2 rings (SSSR count). The molecule has 0 aliphatic heterocycles. The van der Waals surface area contributed by atoms with E-state index in [1.54, 1.807) is 11.3 Å². The van der Waals surface area contributed by atoms with E-state index in [4.69, 9.17) is 15.5 Å². The summed E-state index contributed by atoms with van der Waals surface area (Å²) in [7, 11) is 1.81. The smallest absolute Gasteiger partial charge is 0.122 e. The van der Waals surface area contributed by atoms with Gasteiger partial charge in [0.2, 0.25) is 0 Å². The summed E-state index contributed by atoms with van der Waals surface area (Å²) in [5.41, 5.74) is 6.95. The second kappa shape index (κ2) is 6.64. The molecule has 1 saturated carbocycles. The van der Waals surface area contributed by atoms with Crippen molar-refractivity contribution in [3.8, 4) is 0 Å². The third kappa shape index (κ3) is 2.92. The van der Waals surface area contributed by atoms with E-state index in [1.807, 2.05) is 7.11 Å². The first-order chi connectivity index (χ1) is 8.80. The SMILES string of the molecule is CCc1nc(C(OC)C2CCCCC2)sc1CN. The molecule has 0 aromatic carbocycles. The van der Waals surface area contributed by atoms with Crippen LogP contribution < -0.4 is 5.73 Å². The van der Waals surface area contributed by atoms with Gasteiger partial charge in [0.05, 0.1) is 5.69 Å². The van der Waals surface area contributed by atoms with Crippen molar-refractivity contribution in [3.63, 3.8) is 0 Å². The Hall–Kier alpha value is -0.450. The van der Waals surface area contributed by atoms with E-state index in [0.29, 0.717) is 12.5 Å². The van der Waals surface area contributed by atoms with Gasteiger partial charge in [-0.3, -0.25) is 0 Å². The second-order valence-electron chi connectivity index (χ2n) is 5.03. The van der Waals surface area contributed by atoms with Crippen LogP contribution in [0.15, 0.2) is 0 Å². The normalized spacial score (nSPS) is 19.1. The Kier molecular flexibility index (Phi) is 5.15. The number of rotatable bonds is 5. The molecule has 1 unspecified atom stereocenters. The van der Waals surface area contributed by atoms with Crippen molar-refractivity contribution in [1.29, 1.82) is 0 Å². The van der Waals surface area contributed by atoms with Crippen molar-refractivity contribution in [2.75, 3.05) is 7.11 Å². The number of ether oxygens (including phenoxy) is 1. The molecule has 3 nitrogen and oxygen atoms in total. The Balaban J connectivity index is 2.18. The van der Waals surface area contributed by atoms with E-state index in [9.17, 15) is 0 Å². The average Bonchev–Trinajstić information content (AvgIpc) is 2.84. The van der Waals surface area contributed by atoms with Crippen LogP contribution in [-0.4, -0.2) is 12.1 Å². The van der Waals surface area contributed by atoms with Crippen LogP contribution >= 0.6 is 11.3 Å². The van der Waals surface area contributed by atoms with Gasteiger partial charge in [0.25, 0.3) is 0 Å². The van der Waals surface area contributed by atoms with Crippen LogP contribution in [0.1, 0.15) is 60.7 Å². The first-order valence-electron chi connectivity index (χ1n) is 7.01. The fraction of sp³-hybridized carbons (Fsp3) is 0.786. The average molecular weight is 268 g/mol. The molecule has 4 heteroatoms. The topological polar surface area (TPSA) is 48.1 Å². The molecule has 1 atom stereocenters. The predicted octanol–water partition coefficient (Wildman–Crippen LogP) is 3.43. The van der Waals surface area contributed by atoms with Crippen molar-refractivity contribution in [2.24, 2.45) is 11.7 Å². The van der Waals surface area contributed by atoms with E-state index < -0.39 is 0 Å². The highest BCUT2D eigenvalue weighted by atomic mass is 32.1. The molecule has 1 aliphatic carbocycles. The van der Waals surface area contributed by atoms with Gasteiger partial charge in [0, 0.05) is 18.5 Å². The Morgan fingerprint density at radius 3 is 2.61 bits per heavy atom. The first kappa shape index (κ1) is 14.0. The molecular formula is C14H24N2OS. The molecule has 2 N–H and O–H groups in total. The van der Waals surface area contributed by atoms with E-state index in [1.165, 1.54) is 37.0 Å². The number of methoxy groups -OCH3 is 1. The fourth-order valence-corrected chi connectivity index (χ4v) is 4.10. The van der Waals surface area contributed by atoms with Crippen molar-refractivity contribution < 1.29 is 4.74 Å². The van der Waals surface area contributed by atoms with Gasteiger partial charge in [0.15, 0.2) is 0 Å². The summed E-state index contributed by atoms with van der Waals surface area (Å²) in [6.07, 6.45) is 7.74. The number of nitrogens with zero attached hydrogens (tertiary/aromatic N) is 1. The third-order valence-corrected chi connectivity index (χ3v) is 5.07. The van der Waals surface area contributed by atoms with E-state index in [0.717, 1.165) is 17.1 Å². The van der Waals surface area contributed by atoms with E-state index in [-0.39, 0.29) is 6.10 Å². The number of hydrogen-bond donors (Lipinski definition) is 1. The second-order valence-corrected chi connectivity index (χ2v) is 6.15. The maximum atomic E-state index is 5.79. The lowest BCUT2D eigenvalue weighted by Crippen LogP contribution is -2.17. The zero-order valence-corrected chi connectivity index (χ0v) is 12.3. The number of thiazole rings is 1. The van der Waals surface area contributed by atoms with Crippen molar-refractivity contribution in [2.45, 2.75) is 58.1 Å². The molecular weight excluding hydrogens is 244 g/mol. The molecule has 0 bridgehead atoms. The van der Waals surface area contributed by atoms with Gasteiger partial charge in [-0.2, -0.15) is 0 Å². The fourth-order valence-electron chi connectivity index (χ4n) is 2.89. The van der Waals surface area contributed by atoms with Crippen LogP contribution in [0.5, 0.6) is 0 Å². The molecule has 102 valence electrons. The summed E-state index contributed by atoms with van der Waals surface area (Å²) in [5, 5.41) is 1.14. The highest BCUT2D eigenvalue weighted by Crippen LogP contribution is 2.38. The van der Waals surface area contributed by atoms with Gasteiger partial charge in [-0.15, -0.1) is 11.3 Å². The minimum atomic E-state index is 0.181. The summed E-state index contributed by atoms with van der Waals surface area (Å²) in [6.45, 7) is 2.74. The molecule has 1 fully saturated rings. The maximum absolute atomic E-state index is 5.79. The quantitative estimate of drug-likeness (QED) is 0.890. The molecule has 1 aromatic rings. The predicted molar refractivity (Wildman–Crippen MR) is 75.7 cm³/mol. The molecule has 0 saturated heterocycles. The molecule has 0 spiro atoms. The van der Waals surface area contributed by atoms with Gasteiger partial charge in [-0.05, 0) is 25.2 Å². The monoisotopic (exact) mass is 268 g/mol. The van der Waals surface area contributed by atoms with Gasteiger partial charge in [-0.1, -0.05) is 26.2 Å². The van der Waals surface area contributed by atoms with Crippen LogP contribution in [-0.2, 0) is 17.7 Å². The Morgan fingerprint density at radius 2 is 2.11 bits per heavy atom. The molecule has 1 aliphatic rings. The van der Waals surface area contributed by atoms with Gasteiger partial charge >= 0.3 is 0 Å². The molecule has 0 amide bonds. The van der Waals surface area contributed by atoms with Crippen molar-refractivity contribution in [3.05, 3.63) is 15.6 Å². The third-order valence-electron chi connectivity index (χ3n) is 3.89. The highest BCUT2D eigenvalue weighted by molar-refractivity contribution is 7.11. The minimum Gasteiger partial charge on any atom is -0.374 e. The van der Waals surface area contributed by atoms with Gasteiger partial charge in [0.1, 0.15) is 11.1 Å². The molecule has 1 aromatic heterocycles. The standard InChI is InChI=1S/C14H24N2OS/c1-3-11-12(9-15)18-14(16-11)13(17-2)10-7-5-4-6-8-10/h10,13H,3-9,15H2,1-2H3. The zero-order chi connectivity index (χ0) is 13.0. The summed E-state index contributed by atoms with van der Waals surface area (Å²) in [4.78, 5) is 5.99. The Bertz CT molecular complexity index is 350. The maximum Gasteiger partial charge on any atom is 0.122 e. The van der Waals surface area contributed by atoms with Gasteiger partial charge < -0.3 is 10.5 Å². The number of nitrogens with two attached hydrogens (primary N) is 1. The zero-order valence-electron chi connectivity index (χ0n) is 11.4. The lowest BCUT2D eigenvalue weighted by molar-refractivity contribution is 0.0351. The van der Waals surface area contributed by atoms with Crippen LogP contribution in [0, 0.1) is 5.92 Å². The first-order valence-corrected chi connectivity index (χ1v) is 7.83. The lowest BCUT2D eigenvalue weighted by Gasteiger charge is -2.27. The Morgan fingerprint density at radius 1 is 1.39 bits per heavy atom. The number of hydrogen-bond acceptors (Lipinski definition) is 4. The Labute approximate surface area is 114 Å². The summed E-state index contributed by atoms with van der Waals surface area (Å²) in [6, 6.07) is 0. The molecule has 18 heavy (non-hydrogen) atoms. The summed E-state index contributed by atoms with van der Waals surface area (Å²) in [5.74, 6) is 0.644. The summed E-state index contributed by atoms with van der Waals surface area (Å²) < 4.78 is 5.74. The largest absolute Gasteiger partial charge is 0.374 e. The van der Waals surface area contributed by atoms with Crippen molar-refractivity contribution in [1.82, 2.24) is 4.98 Å². The highest BCUT2D eigenvalue weighted by Gasteiger charge is 2.28. The molecule has 0 radical (unpaired) electrons. The summed E-state index contributed by atoms with van der Waals surface area (Å²) >= 11 is 1.75. The van der Waals surface area contributed by atoms with E-state index >= 15 is 0 Å². The van der Waals surface area contributed by atoms with Crippen LogP contribution in [0.2, 0.25) is 0 Å². The van der Waals surface area contributed by atoms with Crippen LogP contribution in [0.3, 0.4) is 0 Å². The molecule has 1 heterocycles. The number of aromatic nitrogens is 1.